The number of primary amides is 1. The quantitative estimate of drug-likeness (QED) is 0.641. The van der Waals surface area contributed by atoms with Crippen LogP contribution in [0.4, 0.5) is 23.7 Å². The fraction of sp³-hybridized carbons (Fsp3) is 0.0909. The van der Waals surface area contributed by atoms with Crippen LogP contribution in [0, 0.1) is 10.1 Å². The molecule has 1 aromatic heterocycles. The highest BCUT2D eigenvalue weighted by molar-refractivity contribution is 6.37. The first-order chi connectivity index (χ1) is 11.0. The van der Waals surface area contributed by atoms with Crippen LogP contribution in [-0.4, -0.2) is 20.8 Å². The summed E-state index contributed by atoms with van der Waals surface area (Å²) in [6.45, 7) is 0. The number of benzene rings is 1. The summed E-state index contributed by atoms with van der Waals surface area (Å²) in [6, 6.07) is 1.09. The molecule has 24 heavy (non-hydrogen) atoms. The van der Waals surface area contributed by atoms with Gasteiger partial charge in [-0.1, -0.05) is 23.2 Å². The second-order valence-electron chi connectivity index (χ2n) is 4.21. The minimum atomic E-state index is -4.71. The monoisotopic (exact) mass is 384 g/mol. The SMILES string of the molecule is NC(=O)Oc1c([N+](=O)[O-])cnn1-c1c(Cl)cc(C(F)(F)F)cc1Cl. The highest BCUT2D eigenvalue weighted by Crippen LogP contribution is 2.40. The van der Waals surface area contributed by atoms with Crippen LogP contribution in [-0.2, 0) is 6.18 Å². The van der Waals surface area contributed by atoms with Gasteiger partial charge in [0, 0.05) is 0 Å². The van der Waals surface area contributed by atoms with Crippen molar-refractivity contribution >= 4 is 35.0 Å². The minimum absolute atomic E-state index is 0.351. The lowest BCUT2D eigenvalue weighted by Gasteiger charge is -2.13. The Labute approximate surface area is 140 Å². The lowest BCUT2D eigenvalue weighted by molar-refractivity contribution is -0.385. The van der Waals surface area contributed by atoms with E-state index in [1.807, 2.05) is 0 Å². The summed E-state index contributed by atoms with van der Waals surface area (Å²) >= 11 is 11.6. The van der Waals surface area contributed by atoms with Gasteiger partial charge in [0.05, 0.1) is 20.5 Å². The van der Waals surface area contributed by atoms with Crippen molar-refractivity contribution in [1.29, 1.82) is 0 Å². The third-order valence-corrected chi connectivity index (χ3v) is 3.23. The van der Waals surface area contributed by atoms with Crippen molar-refractivity contribution in [3.63, 3.8) is 0 Å². The number of hydrogen-bond donors (Lipinski definition) is 1. The molecule has 1 heterocycles. The number of halogens is 5. The van der Waals surface area contributed by atoms with E-state index >= 15 is 0 Å². The van der Waals surface area contributed by atoms with E-state index in [1.54, 1.807) is 0 Å². The Morgan fingerprint density at radius 3 is 2.29 bits per heavy atom. The van der Waals surface area contributed by atoms with E-state index in [2.05, 4.69) is 9.84 Å². The van der Waals surface area contributed by atoms with Gasteiger partial charge in [-0.15, -0.1) is 0 Å². The van der Waals surface area contributed by atoms with E-state index in [-0.39, 0.29) is 5.69 Å². The molecule has 13 heteroatoms. The maximum absolute atomic E-state index is 12.7. The molecule has 2 aromatic rings. The largest absolute Gasteiger partial charge is 0.416 e. The van der Waals surface area contributed by atoms with Crippen LogP contribution in [0.2, 0.25) is 10.0 Å². The number of ether oxygens (including phenoxy) is 1. The Balaban J connectivity index is 2.69. The van der Waals surface area contributed by atoms with E-state index in [4.69, 9.17) is 28.9 Å². The highest BCUT2D eigenvalue weighted by Gasteiger charge is 2.33. The lowest BCUT2D eigenvalue weighted by Crippen LogP contribution is -2.19. The molecule has 2 rings (SSSR count). The zero-order valence-electron chi connectivity index (χ0n) is 11.2. The fourth-order valence-electron chi connectivity index (χ4n) is 1.74. The summed E-state index contributed by atoms with van der Waals surface area (Å²) in [4.78, 5) is 20.9. The molecule has 0 saturated heterocycles. The molecule has 0 spiro atoms. The first kappa shape index (κ1) is 17.8. The van der Waals surface area contributed by atoms with E-state index in [1.165, 1.54) is 0 Å². The number of carbonyl (C=O) groups excluding carboxylic acids is 1. The van der Waals surface area contributed by atoms with Crippen LogP contribution >= 0.6 is 23.2 Å². The summed E-state index contributed by atoms with van der Waals surface area (Å²) in [5.41, 5.74) is 2.56. The van der Waals surface area contributed by atoms with Gasteiger partial charge in [-0.3, -0.25) is 10.1 Å². The fourth-order valence-corrected chi connectivity index (χ4v) is 2.38. The van der Waals surface area contributed by atoms with Crippen molar-refractivity contribution in [3.8, 4) is 11.6 Å². The van der Waals surface area contributed by atoms with Crippen molar-refractivity contribution in [1.82, 2.24) is 9.78 Å². The Morgan fingerprint density at radius 2 is 1.88 bits per heavy atom. The third-order valence-electron chi connectivity index (χ3n) is 2.66. The molecular weight excluding hydrogens is 380 g/mol. The molecule has 8 nitrogen and oxygen atoms in total. The van der Waals surface area contributed by atoms with Gasteiger partial charge < -0.3 is 10.5 Å². The molecule has 128 valence electrons. The minimum Gasteiger partial charge on any atom is -0.384 e. The van der Waals surface area contributed by atoms with Crippen molar-refractivity contribution in [2.45, 2.75) is 6.18 Å². The van der Waals surface area contributed by atoms with Crippen molar-refractivity contribution in [3.05, 3.63) is 44.1 Å². The number of aromatic nitrogens is 2. The number of nitro groups is 1. The maximum Gasteiger partial charge on any atom is 0.416 e. The first-order valence-corrected chi connectivity index (χ1v) is 6.54. The van der Waals surface area contributed by atoms with Gasteiger partial charge in [-0.2, -0.15) is 23.0 Å². The van der Waals surface area contributed by atoms with Crippen LogP contribution in [0.1, 0.15) is 5.56 Å². The molecule has 0 aliphatic carbocycles. The molecule has 0 bridgehead atoms. The van der Waals surface area contributed by atoms with Gasteiger partial charge in [0.15, 0.2) is 0 Å². The van der Waals surface area contributed by atoms with Crippen LogP contribution in [0.25, 0.3) is 5.69 Å². The molecule has 0 aliphatic rings. The second kappa shape index (κ2) is 6.17. The molecule has 0 saturated carbocycles. The van der Waals surface area contributed by atoms with E-state index in [9.17, 15) is 28.1 Å². The molecule has 2 N–H and O–H groups in total. The topological polar surface area (TPSA) is 113 Å². The molecular formula is C11H5Cl2F3N4O4. The van der Waals surface area contributed by atoms with Crippen LogP contribution in [0.15, 0.2) is 18.3 Å². The second-order valence-corrected chi connectivity index (χ2v) is 5.03. The zero-order chi connectivity index (χ0) is 18.2. The number of nitrogens with two attached hydrogens (primary N) is 1. The Kier molecular flexibility index (Phi) is 4.58. The predicted octanol–water partition coefficient (Wildman–Crippen LogP) is 3.56. The van der Waals surface area contributed by atoms with E-state index < -0.39 is 44.4 Å². The normalized spacial score (nSPS) is 11.4. The Bertz CT molecular complexity index is 814. The smallest absolute Gasteiger partial charge is 0.384 e. The highest BCUT2D eigenvalue weighted by atomic mass is 35.5. The summed E-state index contributed by atoms with van der Waals surface area (Å²) in [6.07, 6.45) is -5.42. The number of amides is 1. The lowest BCUT2D eigenvalue weighted by atomic mass is 10.2. The van der Waals surface area contributed by atoms with Gasteiger partial charge in [0.2, 0.25) is 0 Å². The van der Waals surface area contributed by atoms with Crippen molar-refractivity contribution in [2.24, 2.45) is 5.73 Å². The van der Waals surface area contributed by atoms with Gasteiger partial charge in [-0.25, -0.2) is 4.79 Å². The van der Waals surface area contributed by atoms with Crippen molar-refractivity contribution < 1.29 is 27.6 Å². The molecule has 0 atom stereocenters. The molecule has 1 amide bonds. The average Bonchev–Trinajstić information content (AvgIpc) is 2.80. The summed E-state index contributed by atoms with van der Waals surface area (Å²) in [5, 5.41) is 13.4. The van der Waals surface area contributed by atoms with Gasteiger partial charge in [0.1, 0.15) is 11.9 Å². The number of alkyl halides is 3. The zero-order valence-corrected chi connectivity index (χ0v) is 12.7. The van der Waals surface area contributed by atoms with Gasteiger partial charge in [0.25, 0.3) is 0 Å². The molecule has 0 unspecified atom stereocenters. The summed E-state index contributed by atoms with van der Waals surface area (Å²) < 4.78 is 43.3. The van der Waals surface area contributed by atoms with Crippen LogP contribution in [0.3, 0.4) is 0 Å². The Hall–Kier alpha value is -2.53. The standard InChI is InChI=1S/C11H5Cl2F3N4O4/c12-5-1-4(11(14,15)16)2-6(13)8(5)19-9(24-10(17)21)7(3-18-19)20(22)23/h1-3H,(H2,17,21). The molecule has 1 aromatic carbocycles. The van der Waals surface area contributed by atoms with Gasteiger partial charge >= 0.3 is 23.8 Å². The summed E-state index contributed by atoms with van der Waals surface area (Å²) in [5.74, 6) is -0.754. The number of carbonyl (C=O) groups is 1. The average molecular weight is 385 g/mol. The van der Waals surface area contributed by atoms with Crippen molar-refractivity contribution in [2.75, 3.05) is 0 Å². The van der Waals surface area contributed by atoms with E-state index in [0.717, 1.165) is 0 Å². The number of nitrogens with zero attached hydrogens (tertiary/aromatic N) is 3. The maximum atomic E-state index is 12.7. The predicted molar refractivity (Wildman–Crippen MR) is 75.5 cm³/mol. The summed E-state index contributed by atoms with van der Waals surface area (Å²) in [7, 11) is 0. The van der Waals surface area contributed by atoms with E-state index in [0.29, 0.717) is 23.0 Å². The Morgan fingerprint density at radius 1 is 1.33 bits per heavy atom. The van der Waals surface area contributed by atoms with Gasteiger partial charge in [-0.05, 0) is 12.1 Å². The van der Waals surface area contributed by atoms with Crippen LogP contribution < -0.4 is 10.5 Å². The molecule has 0 aliphatic heterocycles. The third kappa shape index (κ3) is 3.36. The number of hydrogen-bond acceptors (Lipinski definition) is 5. The molecule has 0 radical (unpaired) electrons. The molecule has 0 fully saturated rings. The number of rotatable bonds is 3. The first-order valence-electron chi connectivity index (χ1n) is 5.78. The van der Waals surface area contributed by atoms with Crippen LogP contribution in [0.5, 0.6) is 5.88 Å².